The van der Waals surface area contributed by atoms with Crippen LogP contribution in [0.2, 0.25) is 0 Å². The molecule has 1 aromatic rings. The summed E-state index contributed by atoms with van der Waals surface area (Å²) in [5.74, 6) is 0.866. The number of carbonyl (C=O) groups excluding carboxylic acids is 1. The fourth-order valence-corrected chi connectivity index (χ4v) is 2.27. The highest BCUT2D eigenvalue weighted by atomic mass is 16.5. The van der Waals surface area contributed by atoms with Gasteiger partial charge in [-0.05, 0) is 37.8 Å². The second kappa shape index (κ2) is 8.49. The summed E-state index contributed by atoms with van der Waals surface area (Å²) in [7, 11) is 0. The molecule has 0 saturated carbocycles. The van der Waals surface area contributed by atoms with E-state index in [2.05, 4.69) is 34.7 Å². The minimum atomic E-state index is -0.0762. The highest BCUT2D eigenvalue weighted by molar-refractivity contribution is 5.69. The number of aryl methyl sites for hydroxylation is 1. The van der Waals surface area contributed by atoms with Crippen molar-refractivity contribution >= 4 is 17.5 Å². The number of nitrogens with one attached hydrogen (secondary N) is 2. The summed E-state index contributed by atoms with van der Waals surface area (Å²) < 4.78 is 5.14. The molecule has 0 unspecified atom stereocenters. The van der Waals surface area contributed by atoms with Crippen LogP contribution in [0.1, 0.15) is 44.7 Å². The van der Waals surface area contributed by atoms with E-state index in [9.17, 15) is 4.79 Å². The Morgan fingerprint density at radius 2 is 2.10 bits per heavy atom. The van der Waals surface area contributed by atoms with Gasteiger partial charge in [0.25, 0.3) is 0 Å². The fraction of sp³-hybridized carbons (Fsp3) is 0.625. The molecule has 2 N–H and O–H groups in total. The summed E-state index contributed by atoms with van der Waals surface area (Å²) >= 11 is 0. The van der Waals surface area contributed by atoms with E-state index in [0.717, 1.165) is 62.4 Å². The predicted octanol–water partition coefficient (Wildman–Crippen LogP) is 2.98. The Hall–Kier alpha value is -1.78. The molecule has 0 fully saturated rings. The number of rotatable bonds is 8. The number of unbranched alkanes of at least 4 members (excludes halogenated alkanes) is 2. The molecular weight excluding hydrogens is 266 g/mol. The lowest BCUT2D eigenvalue weighted by Gasteiger charge is -2.19. The lowest BCUT2D eigenvalue weighted by atomic mass is 10.1. The molecule has 1 aliphatic rings. The third kappa shape index (κ3) is 5.25. The van der Waals surface area contributed by atoms with Crippen molar-refractivity contribution in [2.45, 2.75) is 45.4 Å². The van der Waals surface area contributed by atoms with E-state index >= 15 is 0 Å². The first kappa shape index (κ1) is 15.6. The van der Waals surface area contributed by atoms with Gasteiger partial charge in [0.05, 0.1) is 12.3 Å². The van der Waals surface area contributed by atoms with Crippen molar-refractivity contribution in [3.8, 4) is 0 Å². The second-order valence-corrected chi connectivity index (χ2v) is 5.33. The van der Waals surface area contributed by atoms with E-state index in [-0.39, 0.29) is 5.97 Å². The number of ether oxygens (including phenoxy) is 1. The Balaban J connectivity index is 1.65. The average molecular weight is 291 g/mol. The first-order valence-corrected chi connectivity index (χ1v) is 7.93. The molecule has 0 aromatic carbocycles. The zero-order valence-electron chi connectivity index (χ0n) is 12.8. The van der Waals surface area contributed by atoms with Gasteiger partial charge in [-0.2, -0.15) is 0 Å². The van der Waals surface area contributed by atoms with Gasteiger partial charge >= 0.3 is 5.97 Å². The van der Waals surface area contributed by atoms with Gasteiger partial charge < -0.3 is 15.4 Å². The molecule has 5 heteroatoms. The average Bonchev–Trinajstić information content (AvgIpc) is 2.52. The Bertz CT molecular complexity index is 463. The zero-order valence-corrected chi connectivity index (χ0v) is 12.8. The summed E-state index contributed by atoms with van der Waals surface area (Å²) in [4.78, 5) is 16.1. The van der Waals surface area contributed by atoms with Gasteiger partial charge in [-0.1, -0.05) is 13.3 Å². The summed E-state index contributed by atoms with van der Waals surface area (Å²) in [6.07, 6.45) is 5.23. The van der Waals surface area contributed by atoms with Crippen LogP contribution in [0.5, 0.6) is 0 Å². The maximum absolute atomic E-state index is 11.5. The number of nitrogens with zero attached hydrogens (tertiary/aromatic N) is 1. The largest absolute Gasteiger partial charge is 0.466 e. The van der Waals surface area contributed by atoms with Crippen molar-refractivity contribution in [1.29, 1.82) is 0 Å². The van der Waals surface area contributed by atoms with Gasteiger partial charge in [0.15, 0.2) is 0 Å². The molecule has 0 saturated heterocycles. The maximum Gasteiger partial charge on any atom is 0.305 e. The predicted molar refractivity (Wildman–Crippen MR) is 84.6 cm³/mol. The fourth-order valence-electron chi connectivity index (χ4n) is 2.27. The van der Waals surface area contributed by atoms with Gasteiger partial charge in [-0.25, -0.2) is 4.98 Å². The number of hydrogen-bond donors (Lipinski definition) is 2. The highest BCUT2D eigenvalue weighted by Gasteiger charge is 2.09. The minimum absolute atomic E-state index is 0.0762. The van der Waals surface area contributed by atoms with Crippen molar-refractivity contribution in [2.24, 2.45) is 0 Å². The SMILES string of the molecule is CCCCOC(=O)CCCCc1ccc2c(n1)NCCN2. The molecule has 1 aliphatic heterocycles. The summed E-state index contributed by atoms with van der Waals surface area (Å²) in [6.45, 7) is 4.49. The number of anilines is 2. The van der Waals surface area contributed by atoms with E-state index < -0.39 is 0 Å². The van der Waals surface area contributed by atoms with Crippen LogP contribution in [0.25, 0.3) is 0 Å². The lowest BCUT2D eigenvalue weighted by Crippen LogP contribution is -2.21. The number of fused-ring (bicyclic) bond motifs is 1. The first-order chi connectivity index (χ1) is 10.3. The summed E-state index contributed by atoms with van der Waals surface area (Å²) in [6, 6.07) is 4.13. The van der Waals surface area contributed by atoms with Crippen molar-refractivity contribution in [1.82, 2.24) is 4.98 Å². The Labute approximate surface area is 126 Å². The number of aromatic nitrogens is 1. The lowest BCUT2D eigenvalue weighted by molar-refractivity contribution is -0.143. The molecule has 21 heavy (non-hydrogen) atoms. The molecule has 2 heterocycles. The van der Waals surface area contributed by atoms with Gasteiger partial charge in [-0.3, -0.25) is 4.79 Å². The number of esters is 1. The Morgan fingerprint density at radius 1 is 1.24 bits per heavy atom. The van der Waals surface area contributed by atoms with Crippen LogP contribution >= 0.6 is 0 Å². The molecule has 0 spiro atoms. The molecule has 2 rings (SSSR count). The van der Waals surface area contributed by atoms with Gasteiger partial charge in [-0.15, -0.1) is 0 Å². The van der Waals surface area contributed by atoms with E-state index in [0.29, 0.717) is 13.0 Å². The molecule has 0 radical (unpaired) electrons. The molecule has 0 atom stereocenters. The highest BCUT2D eigenvalue weighted by Crippen LogP contribution is 2.22. The third-order valence-electron chi connectivity index (χ3n) is 3.51. The van der Waals surface area contributed by atoms with Crippen LogP contribution in [0.4, 0.5) is 11.5 Å². The number of pyridine rings is 1. The first-order valence-electron chi connectivity index (χ1n) is 7.93. The van der Waals surface area contributed by atoms with Crippen LogP contribution in [0.3, 0.4) is 0 Å². The van der Waals surface area contributed by atoms with E-state index in [1.54, 1.807) is 0 Å². The summed E-state index contributed by atoms with van der Waals surface area (Å²) in [5.41, 5.74) is 2.15. The van der Waals surface area contributed by atoms with E-state index in [1.165, 1.54) is 0 Å². The normalized spacial score (nSPS) is 13.0. The smallest absolute Gasteiger partial charge is 0.305 e. The quantitative estimate of drug-likeness (QED) is 0.569. The van der Waals surface area contributed by atoms with Crippen LogP contribution in [0, 0.1) is 0 Å². The van der Waals surface area contributed by atoms with E-state index in [4.69, 9.17) is 4.74 Å². The third-order valence-corrected chi connectivity index (χ3v) is 3.51. The number of hydrogen-bond acceptors (Lipinski definition) is 5. The van der Waals surface area contributed by atoms with Gasteiger partial charge in [0, 0.05) is 25.2 Å². The van der Waals surface area contributed by atoms with Crippen LogP contribution in [0.15, 0.2) is 12.1 Å². The van der Waals surface area contributed by atoms with Crippen LogP contribution < -0.4 is 10.6 Å². The van der Waals surface area contributed by atoms with Crippen molar-refractivity contribution in [3.05, 3.63) is 17.8 Å². The maximum atomic E-state index is 11.5. The minimum Gasteiger partial charge on any atom is -0.466 e. The molecule has 116 valence electrons. The monoisotopic (exact) mass is 291 g/mol. The molecule has 0 aliphatic carbocycles. The molecule has 0 bridgehead atoms. The second-order valence-electron chi connectivity index (χ2n) is 5.33. The molecule has 5 nitrogen and oxygen atoms in total. The Morgan fingerprint density at radius 3 is 2.95 bits per heavy atom. The van der Waals surface area contributed by atoms with Crippen molar-refractivity contribution in [3.63, 3.8) is 0 Å². The van der Waals surface area contributed by atoms with Crippen LogP contribution in [-0.2, 0) is 16.0 Å². The molecular formula is C16H25N3O2. The zero-order chi connectivity index (χ0) is 14.9. The topological polar surface area (TPSA) is 63.2 Å². The Kier molecular flexibility index (Phi) is 6.31. The standard InChI is InChI=1S/C16H25N3O2/c1-2-3-12-21-15(20)7-5-4-6-13-8-9-14-16(19-13)18-11-10-17-14/h8-9,17H,2-7,10-12H2,1H3,(H,18,19). The van der Waals surface area contributed by atoms with Gasteiger partial charge in [0.2, 0.25) is 0 Å². The molecule has 0 amide bonds. The number of carbonyl (C=O) groups is 1. The van der Waals surface area contributed by atoms with Crippen LogP contribution in [-0.4, -0.2) is 30.6 Å². The van der Waals surface area contributed by atoms with Gasteiger partial charge in [0.1, 0.15) is 5.82 Å². The van der Waals surface area contributed by atoms with E-state index in [1.807, 2.05) is 0 Å². The summed E-state index contributed by atoms with van der Waals surface area (Å²) in [5, 5.41) is 6.60. The van der Waals surface area contributed by atoms with Crippen molar-refractivity contribution < 1.29 is 9.53 Å². The van der Waals surface area contributed by atoms with Crippen molar-refractivity contribution in [2.75, 3.05) is 30.3 Å². The molecule has 1 aromatic heterocycles.